The fraction of sp³-hybridized carbons (Fsp3) is 0.444. The second kappa shape index (κ2) is 9.36. The highest BCUT2D eigenvalue weighted by atomic mass is 32.1. The fourth-order valence-corrected chi connectivity index (χ4v) is 3.07. The molecule has 0 saturated heterocycles. The van der Waals surface area contributed by atoms with E-state index in [1.807, 2.05) is 13.8 Å². The van der Waals surface area contributed by atoms with Gasteiger partial charge in [-0.3, -0.25) is 4.99 Å². The standard InChI is InChI=1S/C18H25FN4OS/c1-5-14(24-16-9-7-6-8-15(16)19)10-21-18(20-4)22-11-17-23-12(2)13(3)25-17/h6-9,14H,5,10-11H2,1-4H3,(H2,20,21,22). The summed E-state index contributed by atoms with van der Waals surface area (Å²) in [5.41, 5.74) is 1.06. The van der Waals surface area contributed by atoms with E-state index in [9.17, 15) is 4.39 Å². The summed E-state index contributed by atoms with van der Waals surface area (Å²) in [5.74, 6) is 0.590. The minimum atomic E-state index is -0.349. The number of guanidine groups is 1. The van der Waals surface area contributed by atoms with E-state index < -0.39 is 0 Å². The van der Waals surface area contributed by atoms with Gasteiger partial charge in [0.15, 0.2) is 17.5 Å². The molecule has 0 aliphatic heterocycles. The first-order chi connectivity index (χ1) is 12.0. The number of aromatic nitrogens is 1. The molecule has 1 aromatic heterocycles. The van der Waals surface area contributed by atoms with Crippen LogP contribution >= 0.6 is 11.3 Å². The van der Waals surface area contributed by atoms with Crippen molar-refractivity contribution in [2.45, 2.75) is 39.8 Å². The molecule has 0 radical (unpaired) electrons. The molecule has 0 aliphatic rings. The Morgan fingerprint density at radius 3 is 2.68 bits per heavy atom. The molecule has 0 saturated carbocycles. The van der Waals surface area contributed by atoms with Crippen molar-refractivity contribution in [1.82, 2.24) is 15.6 Å². The largest absolute Gasteiger partial charge is 0.486 e. The number of hydrogen-bond donors (Lipinski definition) is 2. The van der Waals surface area contributed by atoms with Gasteiger partial charge in [-0.2, -0.15) is 0 Å². The predicted molar refractivity (Wildman–Crippen MR) is 101 cm³/mol. The molecular weight excluding hydrogens is 339 g/mol. The third-order valence-corrected chi connectivity index (χ3v) is 4.86. The number of ether oxygens (including phenoxy) is 1. The van der Waals surface area contributed by atoms with Gasteiger partial charge >= 0.3 is 0 Å². The summed E-state index contributed by atoms with van der Waals surface area (Å²) in [5, 5.41) is 7.48. The van der Waals surface area contributed by atoms with Crippen LogP contribution in [0, 0.1) is 19.7 Å². The Hall–Kier alpha value is -2.15. The third-order valence-electron chi connectivity index (χ3n) is 3.79. The van der Waals surface area contributed by atoms with E-state index in [0.717, 1.165) is 17.1 Å². The number of thiazole rings is 1. The van der Waals surface area contributed by atoms with Gasteiger partial charge < -0.3 is 15.4 Å². The quantitative estimate of drug-likeness (QED) is 0.584. The van der Waals surface area contributed by atoms with Gasteiger partial charge in [0, 0.05) is 11.9 Å². The summed E-state index contributed by atoms with van der Waals surface area (Å²) in [4.78, 5) is 9.93. The molecule has 0 spiro atoms. The maximum Gasteiger partial charge on any atom is 0.191 e. The highest BCUT2D eigenvalue weighted by molar-refractivity contribution is 7.11. The summed E-state index contributed by atoms with van der Waals surface area (Å²) in [6.07, 6.45) is 0.600. The first kappa shape index (κ1) is 19.2. The Morgan fingerprint density at radius 2 is 2.08 bits per heavy atom. The summed E-state index contributed by atoms with van der Waals surface area (Å²) in [7, 11) is 1.71. The van der Waals surface area contributed by atoms with E-state index in [1.165, 1.54) is 10.9 Å². The van der Waals surface area contributed by atoms with Crippen LogP contribution in [-0.2, 0) is 6.54 Å². The lowest BCUT2D eigenvalue weighted by molar-refractivity contribution is 0.191. The summed E-state index contributed by atoms with van der Waals surface area (Å²) < 4.78 is 19.4. The number of benzene rings is 1. The molecule has 0 aliphatic carbocycles. The van der Waals surface area contributed by atoms with E-state index >= 15 is 0 Å². The van der Waals surface area contributed by atoms with Gasteiger partial charge in [0.2, 0.25) is 0 Å². The van der Waals surface area contributed by atoms with Gasteiger partial charge in [0.05, 0.1) is 18.8 Å². The molecule has 0 amide bonds. The molecule has 0 fully saturated rings. The Bertz CT molecular complexity index is 697. The van der Waals surface area contributed by atoms with E-state index in [-0.39, 0.29) is 17.7 Å². The van der Waals surface area contributed by atoms with Crippen LogP contribution in [0.4, 0.5) is 4.39 Å². The number of hydrogen-bond acceptors (Lipinski definition) is 4. The molecule has 7 heteroatoms. The van der Waals surface area contributed by atoms with E-state index in [1.54, 1.807) is 36.6 Å². The topological polar surface area (TPSA) is 58.5 Å². The van der Waals surface area contributed by atoms with Crippen molar-refractivity contribution >= 4 is 17.3 Å². The highest BCUT2D eigenvalue weighted by Gasteiger charge is 2.12. The van der Waals surface area contributed by atoms with Crippen LogP contribution in [-0.4, -0.2) is 30.6 Å². The second-order valence-corrected chi connectivity index (χ2v) is 6.92. The summed E-state index contributed by atoms with van der Waals surface area (Å²) in [6.45, 7) is 7.22. The number of para-hydroxylation sites is 1. The predicted octanol–water partition coefficient (Wildman–Crippen LogP) is 3.42. The molecule has 2 rings (SSSR count). The SMILES string of the molecule is CCC(CNC(=NC)NCc1nc(C)c(C)s1)Oc1ccccc1F. The van der Waals surface area contributed by atoms with Crippen LogP contribution in [0.25, 0.3) is 0 Å². The molecule has 1 aromatic carbocycles. The van der Waals surface area contributed by atoms with Gasteiger partial charge in [0.1, 0.15) is 11.1 Å². The van der Waals surface area contributed by atoms with Crippen LogP contribution in [0.3, 0.4) is 0 Å². The van der Waals surface area contributed by atoms with Gasteiger partial charge in [-0.15, -0.1) is 11.3 Å². The van der Waals surface area contributed by atoms with E-state index in [0.29, 0.717) is 19.0 Å². The average Bonchev–Trinajstić information content (AvgIpc) is 2.93. The normalized spacial score (nSPS) is 12.8. The van der Waals surface area contributed by atoms with Crippen LogP contribution in [0.2, 0.25) is 0 Å². The number of nitrogens with zero attached hydrogens (tertiary/aromatic N) is 2. The Labute approximate surface area is 152 Å². The lowest BCUT2D eigenvalue weighted by Gasteiger charge is -2.20. The van der Waals surface area contributed by atoms with Crippen LogP contribution in [0.5, 0.6) is 5.75 Å². The Balaban J connectivity index is 1.84. The molecule has 0 bridgehead atoms. The van der Waals surface area contributed by atoms with Crippen LogP contribution in [0.1, 0.15) is 28.9 Å². The van der Waals surface area contributed by atoms with E-state index in [2.05, 4.69) is 27.5 Å². The number of halogens is 1. The molecule has 1 unspecified atom stereocenters. The van der Waals surface area contributed by atoms with Gasteiger partial charge in [-0.05, 0) is 32.4 Å². The van der Waals surface area contributed by atoms with Gasteiger partial charge in [0.25, 0.3) is 0 Å². The minimum absolute atomic E-state index is 0.153. The zero-order valence-corrected chi connectivity index (χ0v) is 15.9. The Morgan fingerprint density at radius 1 is 1.32 bits per heavy atom. The van der Waals surface area contributed by atoms with E-state index in [4.69, 9.17) is 4.74 Å². The minimum Gasteiger partial charge on any atom is -0.486 e. The molecule has 5 nitrogen and oxygen atoms in total. The first-order valence-electron chi connectivity index (χ1n) is 8.32. The Kier molecular flexibility index (Phi) is 7.18. The van der Waals surface area contributed by atoms with Crippen LogP contribution in [0.15, 0.2) is 29.3 Å². The zero-order valence-electron chi connectivity index (χ0n) is 15.1. The van der Waals surface area contributed by atoms with Crippen molar-refractivity contribution in [3.8, 4) is 5.75 Å². The van der Waals surface area contributed by atoms with Crippen LogP contribution < -0.4 is 15.4 Å². The lowest BCUT2D eigenvalue weighted by atomic mass is 10.2. The third kappa shape index (κ3) is 5.70. The van der Waals surface area contributed by atoms with Gasteiger partial charge in [-0.25, -0.2) is 9.37 Å². The molecule has 2 aromatic rings. The van der Waals surface area contributed by atoms with Crippen molar-refractivity contribution in [3.05, 3.63) is 45.7 Å². The molecule has 2 N–H and O–H groups in total. The molecule has 25 heavy (non-hydrogen) atoms. The number of aliphatic imine (C=N–C) groups is 1. The molecule has 1 heterocycles. The monoisotopic (exact) mass is 364 g/mol. The maximum absolute atomic E-state index is 13.7. The summed E-state index contributed by atoms with van der Waals surface area (Å²) >= 11 is 1.68. The summed E-state index contributed by atoms with van der Waals surface area (Å²) in [6, 6.07) is 6.44. The smallest absolute Gasteiger partial charge is 0.191 e. The molecule has 1 atom stereocenters. The molecule has 136 valence electrons. The second-order valence-electron chi connectivity index (χ2n) is 5.63. The molecular formula is C18H25FN4OS. The van der Waals surface area contributed by atoms with Crippen molar-refractivity contribution in [2.24, 2.45) is 4.99 Å². The maximum atomic E-state index is 13.7. The zero-order chi connectivity index (χ0) is 18.2. The van der Waals surface area contributed by atoms with Crippen molar-refractivity contribution in [2.75, 3.05) is 13.6 Å². The van der Waals surface area contributed by atoms with Crippen molar-refractivity contribution in [3.63, 3.8) is 0 Å². The van der Waals surface area contributed by atoms with Crippen molar-refractivity contribution < 1.29 is 9.13 Å². The highest BCUT2D eigenvalue weighted by Crippen LogP contribution is 2.18. The average molecular weight is 364 g/mol. The van der Waals surface area contributed by atoms with Gasteiger partial charge in [-0.1, -0.05) is 19.1 Å². The fourth-order valence-electron chi connectivity index (χ4n) is 2.19. The number of rotatable bonds is 7. The first-order valence-corrected chi connectivity index (χ1v) is 9.13. The number of aryl methyl sites for hydroxylation is 2. The lowest BCUT2D eigenvalue weighted by Crippen LogP contribution is -2.42. The number of nitrogens with one attached hydrogen (secondary N) is 2. The van der Waals surface area contributed by atoms with Crippen molar-refractivity contribution in [1.29, 1.82) is 0 Å².